The zero-order chi connectivity index (χ0) is 13.9. The number of benzene rings is 1. The van der Waals surface area contributed by atoms with E-state index >= 15 is 0 Å². The van der Waals surface area contributed by atoms with Crippen LogP contribution in [-0.4, -0.2) is 22.4 Å². The molecule has 0 radical (unpaired) electrons. The van der Waals surface area contributed by atoms with Crippen molar-refractivity contribution in [2.75, 3.05) is 17.2 Å². The van der Waals surface area contributed by atoms with Gasteiger partial charge in [0.1, 0.15) is 0 Å². The van der Waals surface area contributed by atoms with Crippen molar-refractivity contribution in [3.63, 3.8) is 0 Å². The summed E-state index contributed by atoms with van der Waals surface area (Å²) in [4.78, 5) is 22.0. The zero-order valence-electron chi connectivity index (χ0n) is 11.1. The van der Waals surface area contributed by atoms with Crippen LogP contribution in [0.1, 0.15) is 12.1 Å². The van der Waals surface area contributed by atoms with Gasteiger partial charge >= 0.3 is 0 Å². The van der Waals surface area contributed by atoms with Crippen LogP contribution in [0.4, 0.5) is 11.6 Å². The van der Waals surface area contributed by atoms with Gasteiger partial charge < -0.3 is 10.6 Å². The minimum atomic E-state index is 0.170. The van der Waals surface area contributed by atoms with E-state index in [4.69, 9.17) is 5.73 Å². The summed E-state index contributed by atoms with van der Waals surface area (Å²) in [5.41, 5.74) is 7.43. The van der Waals surface area contributed by atoms with Gasteiger partial charge in [-0.1, -0.05) is 18.2 Å². The maximum absolute atomic E-state index is 12.1. The third-order valence-corrected chi connectivity index (χ3v) is 3.50. The van der Waals surface area contributed by atoms with Crippen LogP contribution in [0.2, 0.25) is 0 Å². The molecule has 2 aromatic rings. The minimum Gasteiger partial charge on any atom is -0.368 e. The first kappa shape index (κ1) is 12.6. The Morgan fingerprint density at radius 1 is 1.25 bits per heavy atom. The summed E-state index contributed by atoms with van der Waals surface area (Å²) >= 11 is 0. The van der Waals surface area contributed by atoms with Gasteiger partial charge in [-0.05, 0) is 30.5 Å². The molecule has 0 bridgehead atoms. The number of nitrogens with zero attached hydrogens (tertiary/aromatic N) is 3. The van der Waals surface area contributed by atoms with E-state index in [0.29, 0.717) is 6.42 Å². The topological polar surface area (TPSA) is 72.1 Å². The lowest BCUT2D eigenvalue weighted by Gasteiger charge is -2.16. The fourth-order valence-electron chi connectivity index (χ4n) is 2.60. The number of aromatic nitrogens is 2. The summed E-state index contributed by atoms with van der Waals surface area (Å²) in [6.45, 7) is 0.729. The van der Waals surface area contributed by atoms with Crippen molar-refractivity contribution in [2.24, 2.45) is 5.92 Å². The van der Waals surface area contributed by atoms with Gasteiger partial charge in [0.25, 0.3) is 0 Å². The quantitative estimate of drug-likeness (QED) is 0.918. The van der Waals surface area contributed by atoms with Gasteiger partial charge in [0, 0.05) is 30.5 Å². The molecule has 3 rings (SSSR count). The molecule has 0 aliphatic carbocycles. The van der Waals surface area contributed by atoms with Crippen LogP contribution in [0, 0.1) is 5.92 Å². The number of rotatable bonds is 3. The maximum atomic E-state index is 12.1. The monoisotopic (exact) mass is 268 g/mol. The average Bonchev–Trinajstić information content (AvgIpc) is 2.80. The number of hydrogen-bond acceptors (Lipinski definition) is 4. The van der Waals surface area contributed by atoms with E-state index in [2.05, 4.69) is 9.97 Å². The highest BCUT2D eigenvalue weighted by atomic mass is 16.2. The molecule has 2 heterocycles. The summed E-state index contributed by atoms with van der Waals surface area (Å²) in [5.74, 6) is 0.729. The Kier molecular flexibility index (Phi) is 3.33. The van der Waals surface area contributed by atoms with Crippen LogP contribution in [0.25, 0.3) is 0 Å². The van der Waals surface area contributed by atoms with E-state index in [1.165, 1.54) is 0 Å². The number of carbonyl (C=O) groups is 1. The van der Waals surface area contributed by atoms with Gasteiger partial charge in [-0.15, -0.1) is 0 Å². The molecule has 1 aliphatic heterocycles. The highest BCUT2D eigenvalue weighted by Gasteiger charge is 2.30. The Morgan fingerprint density at radius 2 is 2.05 bits per heavy atom. The Bertz CT molecular complexity index is 614. The number of amides is 1. The smallest absolute Gasteiger partial charge is 0.227 e. The van der Waals surface area contributed by atoms with Crippen molar-refractivity contribution in [1.29, 1.82) is 0 Å². The van der Waals surface area contributed by atoms with Gasteiger partial charge in [0.05, 0.1) is 0 Å². The van der Waals surface area contributed by atoms with E-state index in [1.54, 1.807) is 6.20 Å². The second-order valence-corrected chi connectivity index (χ2v) is 5.02. The second-order valence-electron chi connectivity index (χ2n) is 5.02. The van der Waals surface area contributed by atoms with Crippen LogP contribution >= 0.6 is 0 Å². The van der Waals surface area contributed by atoms with Crippen LogP contribution in [0.15, 0.2) is 42.6 Å². The van der Waals surface area contributed by atoms with E-state index in [9.17, 15) is 4.79 Å². The molecule has 5 nitrogen and oxygen atoms in total. The van der Waals surface area contributed by atoms with Crippen molar-refractivity contribution < 1.29 is 4.79 Å². The fourth-order valence-corrected chi connectivity index (χ4v) is 2.60. The Labute approximate surface area is 117 Å². The summed E-state index contributed by atoms with van der Waals surface area (Å²) in [7, 11) is 0. The average molecular weight is 268 g/mol. The third kappa shape index (κ3) is 2.61. The number of anilines is 2. The molecule has 0 unspecified atom stereocenters. The molecular weight excluding hydrogens is 252 g/mol. The number of para-hydroxylation sites is 1. The Hall–Kier alpha value is -2.43. The first-order valence-corrected chi connectivity index (χ1v) is 6.65. The van der Waals surface area contributed by atoms with Crippen molar-refractivity contribution >= 4 is 17.5 Å². The molecular formula is C15H16N4O. The molecule has 0 saturated carbocycles. The molecule has 1 amide bonds. The zero-order valence-corrected chi connectivity index (χ0v) is 11.1. The number of hydrogen-bond donors (Lipinski definition) is 1. The second kappa shape index (κ2) is 5.28. The lowest BCUT2D eigenvalue weighted by molar-refractivity contribution is -0.117. The first-order valence-electron chi connectivity index (χ1n) is 6.65. The number of carbonyl (C=O) groups excluding carboxylic acids is 1. The molecule has 20 heavy (non-hydrogen) atoms. The molecule has 1 saturated heterocycles. The largest absolute Gasteiger partial charge is 0.368 e. The molecule has 2 N–H and O–H groups in total. The molecule has 102 valence electrons. The summed E-state index contributed by atoms with van der Waals surface area (Å²) in [5, 5.41) is 0. The standard InChI is InChI=1S/C15H16N4O/c16-15-17-7-6-12(18-15)8-11-9-14(20)19(10-11)13-4-2-1-3-5-13/h1-7,11H,8-10H2,(H2,16,17,18)/t11-/m0/s1. The minimum absolute atomic E-state index is 0.170. The highest BCUT2D eigenvalue weighted by molar-refractivity contribution is 5.95. The molecule has 0 spiro atoms. The van der Waals surface area contributed by atoms with Crippen molar-refractivity contribution in [2.45, 2.75) is 12.8 Å². The number of nitrogen functional groups attached to an aromatic ring is 1. The van der Waals surface area contributed by atoms with E-state index in [1.807, 2.05) is 41.3 Å². The van der Waals surface area contributed by atoms with Gasteiger partial charge in [-0.25, -0.2) is 9.97 Å². The SMILES string of the molecule is Nc1nccc(C[C@H]2CC(=O)N(c3ccccc3)C2)n1. The van der Waals surface area contributed by atoms with Gasteiger partial charge in [0.2, 0.25) is 11.9 Å². The highest BCUT2D eigenvalue weighted by Crippen LogP contribution is 2.26. The van der Waals surface area contributed by atoms with Crippen LogP contribution < -0.4 is 10.6 Å². The maximum Gasteiger partial charge on any atom is 0.227 e. The van der Waals surface area contributed by atoms with Crippen molar-refractivity contribution in [3.8, 4) is 0 Å². The van der Waals surface area contributed by atoms with E-state index in [0.717, 1.165) is 24.3 Å². The van der Waals surface area contributed by atoms with Crippen molar-refractivity contribution in [1.82, 2.24) is 9.97 Å². The van der Waals surface area contributed by atoms with Crippen LogP contribution in [0.3, 0.4) is 0 Å². The first-order chi connectivity index (χ1) is 9.72. The molecule has 5 heteroatoms. The normalized spacial score (nSPS) is 18.5. The van der Waals surface area contributed by atoms with Crippen LogP contribution in [-0.2, 0) is 11.2 Å². The van der Waals surface area contributed by atoms with Crippen molar-refractivity contribution in [3.05, 3.63) is 48.3 Å². The Balaban J connectivity index is 1.71. The number of nitrogens with two attached hydrogens (primary N) is 1. The fraction of sp³-hybridized carbons (Fsp3) is 0.267. The molecule has 1 aromatic heterocycles. The summed E-state index contributed by atoms with van der Waals surface area (Å²) < 4.78 is 0. The van der Waals surface area contributed by atoms with E-state index < -0.39 is 0 Å². The predicted octanol–water partition coefficient (Wildman–Crippen LogP) is 1.65. The third-order valence-electron chi connectivity index (χ3n) is 3.50. The van der Waals surface area contributed by atoms with Gasteiger partial charge in [0.15, 0.2) is 0 Å². The Morgan fingerprint density at radius 3 is 2.80 bits per heavy atom. The lowest BCUT2D eigenvalue weighted by Crippen LogP contribution is -2.24. The molecule has 1 atom stereocenters. The predicted molar refractivity (Wildman–Crippen MR) is 77.1 cm³/mol. The van der Waals surface area contributed by atoms with Gasteiger partial charge in [-0.3, -0.25) is 4.79 Å². The summed E-state index contributed by atoms with van der Waals surface area (Å²) in [6.07, 6.45) is 2.96. The lowest BCUT2D eigenvalue weighted by atomic mass is 10.0. The molecule has 1 aliphatic rings. The molecule has 1 fully saturated rings. The molecule has 1 aromatic carbocycles. The van der Waals surface area contributed by atoms with Gasteiger partial charge in [-0.2, -0.15) is 0 Å². The summed E-state index contributed by atoms with van der Waals surface area (Å²) in [6, 6.07) is 11.6. The van der Waals surface area contributed by atoms with Crippen LogP contribution in [0.5, 0.6) is 0 Å². The van der Waals surface area contributed by atoms with E-state index in [-0.39, 0.29) is 17.8 Å².